The van der Waals surface area contributed by atoms with Crippen LogP contribution in [0.5, 0.6) is 0 Å². The molecule has 2 rings (SSSR count). The molecular formula is C11H12N2O2S. The van der Waals surface area contributed by atoms with Gasteiger partial charge < -0.3 is 9.73 Å². The van der Waals surface area contributed by atoms with E-state index in [-0.39, 0.29) is 5.78 Å². The summed E-state index contributed by atoms with van der Waals surface area (Å²) >= 11 is 1.30. The van der Waals surface area contributed by atoms with E-state index in [1.54, 1.807) is 13.2 Å². The summed E-state index contributed by atoms with van der Waals surface area (Å²) in [6.45, 7) is 3.95. The number of ketones is 1. The normalized spacial score (nSPS) is 10.4. The monoisotopic (exact) mass is 236 g/mol. The molecule has 1 N–H and O–H groups in total. The van der Waals surface area contributed by atoms with Crippen molar-refractivity contribution in [1.82, 2.24) is 4.37 Å². The lowest BCUT2D eigenvalue weighted by atomic mass is 10.2. The molecule has 84 valence electrons. The van der Waals surface area contributed by atoms with Gasteiger partial charge in [-0.1, -0.05) is 0 Å². The molecule has 0 amide bonds. The van der Waals surface area contributed by atoms with Crippen LogP contribution in [0.3, 0.4) is 0 Å². The van der Waals surface area contributed by atoms with E-state index in [2.05, 4.69) is 9.69 Å². The minimum absolute atomic E-state index is 0.0354. The molecule has 0 spiro atoms. The van der Waals surface area contributed by atoms with Crippen LogP contribution in [0.15, 0.2) is 22.8 Å². The zero-order valence-corrected chi connectivity index (χ0v) is 9.93. The van der Waals surface area contributed by atoms with Crippen LogP contribution in [0.1, 0.15) is 28.7 Å². The van der Waals surface area contributed by atoms with Crippen LogP contribution in [0.25, 0.3) is 0 Å². The molecule has 16 heavy (non-hydrogen) atoms. The maximum Gasteiger partial charge on any atom is 0.164 e. The van der Waals surface area contributed by atoms with E-state index < -0.39 is 0 Å². The zero-order chi connectivity index (χ0) is 11.5. The lowest BCUT2D eigenvalue weighted by Gasteiger charge is -2.02. The molecule has 0 saturated carbocycles. The van der Waals surface area contributed by atoms with Gasteiger partial charge in [-0.2, -0.15) is 4.37 Å². The number of aryl methyl sites for hydroxylation is 1. The van der Waals surface area contributed by atoms with Crippen molar-refractivity contribution in [1.29, 1.82) is 0 Å². The highest BCUT2D eigenvalue weighted by Crippen LogP contribution is 2.25. The highest BCUT2D eigenvalue weighted by Gasteiger charge is 2.14. The fourth-order valence-corrected chi connectivity index (χ4v) is 2.32. The number of hydrogen-bond acceptors (Lipinski definition) is 5. The number of nitrogens with one attached hydrogen (secondary N) is 1. The first kappa shape index (κ1) is 10.9. The van der Waals surface area contributed by atoms with Gasteiger partial charge in [-0.15, -0.1) is 0 Å². The highest BCUT2D eigenvalue weighted by molar-refractivity contribution is 7.10. The third kappa shape index (κ3) is 2.14. The van der Waals surface area contributed by atoms with E-state index in [1.807, 2.05) is 19.1 Å². The first-order chi connectivity index (χ1) is 7.68. The molecule has 2 aromatic heterocycles. The fourth-order valence-electron chi connectivity index (χ4n) is 1.49. The Hall–Kier alpha value is -1.62. The number of rotatable bonds is 4. The van der Waals surface area contributed by atoms with E-state index >= 15 is 0 Å². The van der Waals surface area contributed by atoms with Crippen molar-refractivity contribution in [3.63, 3.8) is 0 Å². The first-order valence-electron chi connectivity index (χ1n) is 4.92. The van der Waals surface area contributed by atoms with Gasteiger partial charge in [0.2, 0.25) is 0 Å². The molecule has 4 nitrogen and oxygen atoms in total. The van der Waals surface area contributed by atoms with Gasteiger partial charge in [0, 0.05) is 0 Å². The van der Waals surface area contributed by atoms with E-state index in [0.29, 0.717) is 12.1 Å². The van der Waals surface area contributed by atoms with Crippen molar-refractivity contribution < 1.29 is 9.21 Å². The molecule has 2 aromatic rings. The fraction of sp³-hybridized carbons (Fsp3) is 0.273. The summed E-state index contributed by atoms with van der Waals surface area (Å²) in [5, 5.41) is 3.97. The van der Waals surface area contributed by atoms with Crippen molar-refractivity contribution in [2.24, 2.45) is 0 Å². The minimum Gasteiger partial charge on any atom is -0.467 e. The number of hydrogen-bond donors (Lipinski definition) is 1. The van der Waals surface area contributed by atoms with Gasteiger partial charge in [-0.3, -0.25) is 4.79 Å². The second-order valence-corrected chi connectivity index (χ2v) is 4.23. The van der Waals surface area contributed by atoms with Crippen molar-refractivity contribution in [3.8, 4) is 0 Å². The number of carbonyl (C=O) groups is 1. The van der Waals surface area contributed by atoms with Gasteiger partial charge >= 0.3 is 0 Å². The summed E-state index contributed by atoms with van der Waals surface area (Å²) in [5.41, 5.74) is 1.45. The minimum atomic E-state index is 0.0354. The van der Waals surface area contributed by atoms with E-state index in [0.717, 1.165) is 16.5 Å². The predicted molar refractivity (Wildman–Crippen MR) is 62.9 cm³/mol. The van der Waals surface area contributed by atoms with E-state index in [1.165, 1.54) is 11.5 Å². The molecule has 0 aliphatic rings. The molecule has 0 atom stereocenters. The molecule has 0 radical (unpaired) electrons. The van der Waals surface area contributed by atoms with Gasteiger partial charge in [0.25, 0.3) is 0 Å². The maximum absolute atomic E-state index is 11.4. The Morgan fingerprint density at radius 1 is 1.62 bits per heavy atom. The van der Waals surface area contributed by atoms with Crippen LogP contribution >= 0.6 is 11.5 Å². The Morgan fingerprint density at radius 3 is 3.06 bits per heavy atom. The van der Waals surface area contributed by atoms with Crippen LogP contribution in [-0.4, -0.2) is 10.2 Å². The summed E-state index contributed by atoms with van der Waals surface area (Å²) in [6.07, 6.45) is 1.63. The number of furan rings is 1. The molecular weight excluding hydrogens is 224 g/mol. The molecule has 0 aliphatic carbocycles. The average molecular weight is 236 g/mol. The quantitative estimate of drug-likeness (QED) is 0.829. The number of anilines is 1. The Bertz CT molecular complexity index is 488. The van der Waals surface area contributed by atoms with Gasteiger partial charge in [-0.05, 0) is 37.5 Å². The van der Waals surface area contributed by atoms with Crippen molar-refractivity contribution in [3.05, 3.63) is 35.4 Å². The van der Waals surface area contributed by atoms with Crippen LogP contribution in [0, 0.1) is 6.92 Å². The van der Waals surface area contributed by atoms with E-state index in [9.17, 15) is 4.79 Å². The summed E-state index contributed by atoms with van der Waals surface area (Å²) in [4.78, 5) is 11.4. The predicted octanol–water partition coefficient (Wildman–Crippen LogP) is 2.86. The average Bonchev–Trinajstić information content (AvgIpc) is 2.83. The lowest BCUT2D eigenvalue weighted by Crippen LogP contribution is -2.02. The standard InChI is InChI=1S/C11H12N2O2S/c1-7-10(8(2)14)11(16-13-7)12-6-9-4-3-5-15-9/h3-5,12H,6H2,1-2H3. The summed E-state index contributed by atoms with van der Waals surface area (Å²) < 4.78 is 9.36. The zero-order valence-electron chi connectivity index (χ0n) is 9.11. The second kappa shape index (κ2) is 4.49. The molecule has 0 aliphatic heterocycles. The molecule has 0 fully saturated rings. The van der Waals surface area contributed by atoms with Gasteiger partial charge in [-0.25, -0.2) is 0 Å². The molecule has 2 heterocycles. The Labute approximate surface area is 97.5 Å². The largest absolute Gasteiger partial charge is 0.467 e. The van der Waals surface area contributed by atoms with Crippen LogP contribution in [0.4, 0.5) is 5.00 Å². The number of carbonyl (C=O) groups excluding carboxylic acids is 1. The van der Waals surface area contributed by atoms with Crippen LogP contribution in [-0.2, 0) is 6.54 Å². The van der Waals surface area contributed by atoms with Crippen LogP contribution < -0.4 is 5.32 Å². The lowest BCUT2D eigenvalue weighted by molar-refractivity contribution is 0.101. The summed E-state index contributed by atoms with van der Waals surface area (Å²) in [7, 11) is 0. The van der Waals surface area contributed by atoms with E-state index in [4.69, 9.17) is 4.42 Å². The SMILES string of the molecule is CC(=O)c1c(C)nsc1NCc1ccco1. The number of Topliss-reactive ketones (excluding diaryl/α,β-unsaturated/α-hetero) is 1. The summed E-state index contributed by atoms with van der Waals surface area (Å²) in [6, 6.07) is 3.72. The van der Waals surface area contributed by atoms with Gasteiger partial charge in [0.05, 0.1) is 24.1 Å². The second-order valence-electron chi connectivity index (χ2n) is 3.46. The maximum atomic E-state index is 11.4. The molecule has 0 unspecified atom stereocenters. The molecule has 5 heteroatoms. The highest BCUT2D eigenvalue weighted by atomic mass is 32.1. The smallest absolute Gasteiger partial charge is 0.164 e. The van der Waals surface area contributed by atoms with Gasteiger partial charge in [0.1, 0.15) is 10.8 Å². The topological polar surface area (TPSA) is 55.1 Å². The number of nitrogens with zero attached hydrogens (tertiary/aromatic N) is 1. The molecule has 0 bridgehead atoms. The van der Waals surface area contributed by atoms with Crippen LogP contribution in [0.2, 0.25) is 0 Å². The Kier molecular flexibility index (Phi) is 3.05. The Morgan fingerprint density at radius 2 is 2.44 bits per heavy atom. The third-order valence-corrected chi connectivity index (χ3v) is 3.11. The first-order valence-corrected chi connectivity index (χ1v) is 5.69. The summed E-state index contributed by atoms with van der Waals surface area (Å²) in [5.74, 6) is 0.869. The molecule has 0 saturated heterocycles. The third-order valence-electron chi connectivity index (χ3n) is 2.22. The van der Waals surface area contributed by atoms with Crippen molar-refractivity contribution in [2.45, 2.75) is 20.4 Å². The van der Waals surface area contributed by atoms with Crippen molar-refractivity contribution >= 4 is 22.3 Å². The molecule has 0 aromatic carbocycles. The van der Waals surface area contributed by atoms with Gasteiger partial charge in [0.15, 0.2) is 5.78 Å². The Balaban J connectivity index is 2.13. The number of aromatic nitrogens is 1. The van der Waals surface area contributed by atoms with Crippen molar-refractivity contribution in [2.75, 3.05) is 5.32 Å².